The molecule has 5 nitrogen and oxygen atoms in total. The molecule has 2 heterocycles. The summed E-state index contributed by atoms with van der Waals surface area (Å²) >= 11 is 0. The van der Waals surface area contributed by atoms with Gasteiger partial charge in [0.1, 0.15) is 5.82 Å². The molecule has 1 aromatic heterocycles. The molecule has 0 saturated carbocycles. The van der Waals surface area contributed by atoms with Gasteiger partial charge in [-0.15, -0.1) is 0 Å². The molecule has 1 atom stereocenters. The average Bonchev–Trinajstić information content (AvgIpc) is 2.76. The number of aromatic nitrogens is 2. The Morgan fingerprint density at radius 1 is 1.59 bits per heavy atom. The summed E-state index contributed by atoms with van der Waals surface area (Å²) in [6.07, 6.45) is 4.01. The summed E-state index contributed by atoms with van der Waals surface area (Å²) in [5, 5.41) is 0. The van der Waals surface area contributed by atoms with Gasteiger partial charge in [-0.05, 0) is 13.8 Å². The highest BCUT2D eigenvalue weighted by atomic mass is 16.5. The second-order valence-corrected chi connectivity index (χ2v) is 4.78. The van der Waals surface area contributed by atoms with Crippen molar-refractivity contribution in [1.29, 1.82) is 0 Å². The molecule has 0 amide bonds. The van der Waals surface area contributed by atoms with Gasteiger partial charge in [0, 0.05) is 31.5 Å². The highest BCUT2D eigenvalue weighted by molar-refractivity contribution is 4.92. The molecule has 2 rings (SSSR count). The van der Waals surface area contributed by atoms with Crippen LogP contribution >= 0.6 is 0 Å². The smallest absolute Gasteiger partial charge is 0.122 e. The zero-order chi connectivity index (χ0) is 12.3. The van der Waals surface area contributed by atoms with E-state index < -0.39 is 0 Å². The van der Waals surface area contributed by atoms with Gasteiger partial charge in [-0.1, -0.05) is 0 Å². The number of nitrogens with zero attached hydrogens (tertiary/aromatic N) is 3. The Labute approximate surface area is 103 Å². The monoisotopic (exact) mass is 238 g/mol. The Morgan fingerprint density at radius 2 is 2.41 bits per heavy atom. The minimum absolute atomic E-state index is 0.241. The maximum Gasteiger partial charge on any atom is 0.122 e. The number of morpholine rings is 1. The molecule has 2 N–H and O–H groups in total. The number of imidazole rings is 1. The summed E-state index contributed by atoms with van der Waals surface area (Å²) in [5.74, 6) is 0.926. The summed E-state index contributed by atoms with van der Waals surface area (Å²) < 4.78 is 7.89. The largest absolute Gasteiger partial charge is 0.374 e. The standard InChI is InChI=1S/C12H22N4O/c1-10(2)15-5-6-17-11(8-15)9-16-4-3-14-12(16)7-13/h3-4,10-11H,5-9,13H2,1-2H3. The molecule has 1 fully saturated rings. The van der Waals surface area contributed by atoms with Crippen LogP contribution in [-0.4, -0.2) is 46.3 Å². The maximum atomic E-state index is 5.80. The molecule has 0 aliphatic carbocycles. The summed E-state index contributed by atoms with van der Waals surface area (Å²) in [7, 11) is 0. The zero-order valence-electron chi connectivity index (χ0n) is 10.7. The van der Waals surface area contributed by atoms with Crippen LogP contribution < -0.4 is 5.73 Å². The van der Waals surface area contributed by atoms with E-state index in [9.17, 15) is 0 Å². The van der Waals surface area contributed by atoms with Gasteiger partial charge in [0.25, 0.3) is 0 Å². The lowest BCUT2D eigenvalue weighted by atomic mass is 10.2. The number of rotatable bonds is 4. The average molecular weight is 238 g/mol. The van der Waals surface area contributed by atoms with Crippen molar-refractivity contribution < 1.29 is 4.74 Å². The van der Waals surface area contributed by atoms with Crippen molar-refractivity contribution in [3.8, 4) is 0 Å². The topological polar surface area (TPSA) is 56.3 Å². The fourth-order valence-electron chi connectivity index (χ4n) is 2.24. The summed E-state index contributed by atoms with van der Waals surface area (Å²) in [5.41, 5.74) is 5.64. The molecule has 96 valence electrons. The number of nitrogens with two attached hydrogens (primary N) is 1. The molecule has 5 heteroatoms. The molecule has 1 aliphatic heterocycles. The normalized spacial score (nSPS) is 22.2. The van der Waals surface area contributed by atoms with Gasteiger partial charge in [0.05, 0.1) is 25.8 Å². The second-order valence-electron chi connectivity index (χ2n) is 4.78. The zero-order valence-corrected chi connectivity index (χ0v) is 10.7. The fraction of sp³-hybridized carbons (Fsp3) is 0.750. The summed E-state index contributed by atoms with van der Waals surface area (Å²) in [6, 6.07) is 0.582. The first-order valence-corrected chi connectivity index (χ1v) is 6.26. The molecule has 17 heavy (non-hydrogen) atoms. The van der Waals surface area contributed by atoms with E-state index in [-0.39, 0.29) is 6.10 Å². The Hall–Kier alpha value is -0.910. The molecule has 1 aromatic rings. The third-order valence-corrected chi connectivity index (χ3v) is 3.29. The number of hydrogen-bond donors (Lipinski definition) is 1. The quantitative estimate of drug-likeness (QED) is 0.827. The molecular formula is C12H22N4O. The van der Waals surface area contributed by atoms with Gasteiger partial charge >= 0.3 is 0 Å². The van der Waals surface area contributed by atoms with Crippen LogP contribution in [0, 0.1) is 0 Å². The van der Waals surface area contributed by atoms with Crippen LogP contribution in [0.25, 0.3) is 0 Å². The van der Waals surface area contributed by atoms with E-state index in [0.717, 1.165) is 32.1 Å². The molecular weight excluding hydrogens is 216 g/mol. The highest BCUT2D eigenvalue weighted by Gasteiger charge is 2.22. The van der Waals surface area contributed by atoms with Crippen LogP contribution in [0.5, 0.6) is 0 Å². The van der Waals surface area contributed by atoms with E-state index in [4.69, 9.17) is 10.5 Å². The lowest BCUT2D eigenvalue weighted by Crippen LogP contribution is -2.47. The van der Waals surface area contributed by atoms with Crippen LogP contribution in [0.2, 0.25) is 0 Å². The highest BCUT2D eigenvalue weighted by Crippen LogP contribution is 2.11. The third kappa shape index (κ3) is 3.06. The predicted octanol–water partition coefficient (Wildman–Crippen LogP) is 0.451. The van der Waals surface area contributed by atoms with Gasteiger partial charge in [-0.25, -0.2) is 4.98 Å². The Morgan fingerprint density at radius 3 is 3.12 bits per heavy atom. The van der Waals surface area contributed by atoms with Crippen molar-refractivity contribution in [3.63, 3.8) is 0 Å². The lowest BCUT2D eigenvalue weighted by molar-refractivity contribution is -0.0458. The molecule has 0 radical (unpaired) electrons. The maximum absolute atomic E-state index is 5.80. The lowest BCUT2D eigenvalue weighted by Gasteiger charge is -2.35. The van der Waals surface area contributed by atoms with Gasteiger partial charge in [-0.3, -0.25) is 4.90 Å². The molecule has 1 unspecified atom stereocenters. The van der Waals surface area contributed by atoms with Crippen LogP contribution in [0.4, 0.5) is 0 Å². The first-order chi connectivity index (χ1) is 8.20. The summed E-state index contributed by atoms with van der Waals surface area (Å²) in [4.78, 5) is 6.67. The van der Waals surface area contributed by atoms with Gasteiger partial charge in [0.2, 0.25) is 0 Å². The third-order valence-electron chi connectivity index (χ3n) is 3.29. The van der Waals surface area contributed by atoms with Crippen LogP contribution in [0.15, 0.2) is 12.4 Å². The molecule has 1 aliphatic rings. The Bertz CT molecular complexity index is 350. The van der Waals surface area contributed by atoms with E-state index in [0.29, 0.717) is 12.6 Å². The van der Waals surface area contributed by atoms with E-state index >= 15 is 0 Å². The molecule has 0 bridgehead atoms. The van der Waals surface area contributed by atoms with Crippen molar-refractivity contribution in [1.82, 2.24) is 14.5 Å². The van der Waals surface area contributed by atoms with Crippen molar-refractivity contribution in [2.75, 3.05) is 19.7 Å². The van der Waals surface area contributed by atoms with E-state index in [2.05, 4.69) is 28.3 Å². The second kappa shape index (κ2) is 5.62. The van der Waals surface area contributed by atoms with Crippen molar-refractivity contribution in [2.45, 2.75) is 39.1 Å². The molecule has 1 saturated heterocycles. The van der Waals surface area contributed by atoms with Gasteiger partial charge < -0.3 is 15.0 Å². The predicted molar refractivity (Wildman–Crippen MR) is 66.6 cm³/mol. The molecule has 0 aromatic carbocycles. The van der Waals surface area contributed by atoms with Crippen LogP contribution in [0.1, 0.15) is 19.7 Å². The first-order valence-electron chi connectivity index (χ1n) is 6.26. The van der Waals surface area contributed by atoms with E-state index in [1.165, 1.54) is 0 Å². The van der Waals surface area contributed by atoms with Crippen molar-refractivity contribution in [3.05, 3.63) is 18.2 Å². The van der Waals surface area contributed by atoms with Crippen LogP contribution in [0.3, 0.4) is 0 Å². The minimum Gasteiger partial charge on any atom is -0.374 e. The van der Waals surface area contributed by atoms with E-state index in [1.807, 2.05) is 6.20 Å². The van der Waals surface area contributed by atoms with E-state index in [1.54, 1.807) is 6.20 Å². The Kier molecular flexibility index (Phi) is 4.15. The first kappa shape index (κ1) is 12.5. The van der Waals surface area contributed by atoms with Crippen molar-refractivity contribution >= 4 is 0 Å². The van der Waals surface area contributed by atoms with Crippen molar-refractivity contribution in [2.24, 2.45) is 5.73 Å². The number of ether oxygens (including phenoxy) is 1. The summed E-state index contributed by atoms with van der Waals surface area (Å²) in [6.45, 7) is 8.61. The van der Waals surface area contributed by atoms with Gasteiger partial charge in [0.15, 0.2) is 0 Å². The van der Waals surface area contributed by atoms with Gasteiger partial charge in [-0.2, -0.15) is 0 Å². The van der Waals surface area contributed by atoms with Crippen LogP contribution in [-0.2, 0) is 17.8 Å². The fourth-order valence-corrected chi connectivity index (χ4v) is 2.24. The SMILES string of the molecule is CC(C)N1CCOC(Cn2ccnc2CN)C1. The number of hydrogen-bond acceptors (Lipinski definition) is 4. The molecule has 0 spiro atoms. The minimum atomic E-state index is 0.241. The Balaban J connectivity index is 1.94.